The Bertz CT molecular complexity index is 1260. The molecule has 0 atom stereocenters. The van der Waals surface area contributed by atoms with Crippen LogP contribution in [0.3, 0.4) is 0 Å². The molecule has 2 aromatic carbocycles. The third kappa shape index (κ3) is 20.5. The number of rotatable bonds is 36. The maximum atomic E-state index is 12.2. The van der Waals surface area contributed by atoms with E-state index in [9.17, 15) is 9.59 Å². The predicted octanol–water partition coefficient (Wildman–Crippen LogP) is 6.69. The molecule has 16 heteroatoms. The Morgan fingerprint density at radius 1 is 0.492 bits per heavy atom. The number of benzene rings is 2. The van der Waals surface area contributed by atoms with E-state index in [0.717, 1.165) is 49.1 Å². The fourth-order valence-electron chi connectivity index (χ4n) is 6.37. The monoisotopic (exact) mass is 866 g/mol. The molecule has 59 heavy (non-hydrogen) atoms. The molecule has 2 N–H and O–H groups in total. The zero-order chi connectivity index (χ0) is 43.2. The van der Waals surface area contributed by atoms with Crippen molar-refractivity contribution in [1.82, 2.24) is 10.6 Å². The van der Waals surface area contributed by atoms with Crippen molar-refractivity contribution < 1.29 is 55.1 Å². The second-order valence-electron chi connectivity index (χ2n) is 14.0. The van der Waals surface area contributed by atoms with Gasteiger partial charge in [0.05, 0.1) is 12.8 Å². The van der Waals surface area contributed by atoms with Gasteiger partial charge >= 0.3 is 29.5 Å². The zero-order valence-corrected chi connectivity index (χ0v) is 39.2. The van der Waals surface area contributed by atoms with Crippen LogP contribution in [0.25, 0.3) is 0 Å². The number of hydrogen-bond donors (Lipinski definition) is 2. The lowest BCUT2D eigenvalue weighted by Crippen LogP contribution is -2.46. The fourth-order valence-corrected chi connectivity index (χ4v) is 11.6. The highest BCUT2D eigenvalue weighted by Gasteiger charge is 2.40. The van der Waals surface area contributed by atoms with Gasteiger partial charge in [-0.2, -0.15) is 0 Å². The molecule has 0 spiro atoms. The van der Waals surface area contributed by atoms with Crippen LogP contribution >= 0.6 is 0 Å². The Labute approximate surface area is 356 Å². The van der Waals surface area contributed by atoms with Gasteiger partial charge in [0, 0.05) is 70.2 Å². The molecule has 0 amide bonds. The van der Waals surface area contributed by atoms with Gasteiger partial charge in [0.25, 0.3) is 0 Å². The Morgan fingerprint density at radius 3 is 1.12 bits per heavy atom. The molecule has 0 aliphatic rings. The van der Waals surface area contributed by atoms with Crippen molar-refractivity contribution in [2.45, 2.75) is 98.6 Å². The maximum absolute atomic E-state index is 12.2. The van der Waals surface area contributed by atoms with Gasteiger partial charge in [-0.25, -0.2) is 0 Å². The molecule has 2 aromatic rings. The van der Waals surface area contributed by atoms with Gasteiger partial charge in [0.2, 0.25) is 0 Å². The fraction of sp³-hybridized carbons (Fsp3) is 0.674. The summed E-state index contributed by atoms with van der Waals surface area (Å²) in [6.45, 7) is 22.8. The van der Waals surface area contributed by atoms with Crippen LogP contribution in [0.5, 0.6) is 11.5 Å². The summed E-state index contributed by atoms with van der Waals surface area (Å²) in [6, 6.07) is 17.4. The largest absolute Gasteiger partial charge is 0.500 e. The molecule has 0 unspecified atom stereocenters. The van der Waals surface area contributed by atoms with E-state index in [1.807, 2.05) is 90.1 Å². The molecule has 0 aliphatic heterocycles. The summed E-state index contributed by atoms with van der Waals surface area (Å²) < 4.78 is 57.7. The minimum atomic E-state index is -2.64. The van der Waals surface area contributed by atoms with Crippen molar-refractivity contribution in [3.05, 3.63) is 59.7 Å². The van der Waals surface area contributed by atoms with E-state index in [1.165, 1.54) is 0 Å². The lowest BCUT2D eigenvalue weighted by molar-refractivity contribution is -0.145. The van der Waals surface area contributed by atoms with Crippen molar-refractivity contribution >= 4 is 29.5 Å². The summed E-state index contributed by atoms with van der Waals surface area (Å²) in [5.74, 6) is 0.870. The van der Waals surface area contributed by atoms with Gasteiger partial charge in [-0.1, -0.05) is 38.1 Å². The van der Waals surface area contributed by atoms with Crippen molar-refractivity contribution in [3.8, 4) is 11.5 Å². The van der Waals surface area contributed by atoms with E-state index in [-0.39, 0.29) is 56.6 Å². The topological polar surface area (TPSA) is 150 Å². The van der Waals surface area contributed by atoms with Crippen molar-refractivity contribution in [2.75, 3.05) is 92.2 Å². The van der Waals surface area contributed by atoms with E-state index in [1.54, 1.807) is 0 Å². The van der Waals surface area contributed by atoms with Gasteiger partial charge in [-0.05, 0) is 103 Å². The average molecular weight is 867 g/mol. The summed E-state index contributed by atoms with van der Waals surface area (Å²) in [7, 11) is -5.29. The van der Waals surface area contributed by atoms with E-state index >= 15 is 0 Å². The summed E-state index contributed by atoms with van der Waals surface area (Å²) >= 11 is 0. The molecule has 0 aliphatic carbocycles. The average Bonchev–Trinajstić information content (AvgIpc) is 3.22. The third-order valence-corrected chi connectivity index (χ3v) is 15.6. The van der Waals surface area contributed by atoms with Crippen LogP contribution in [-0.4, -0.2) is 122 Å². The van der Waals surface area contributed by atoms with E-state index in [4.69, 9.17) is 45.5 Å². The first kappa shape index (κ1) is 52.2. The SMILES string of the molecule is CCO[Si](CCCNCCC(=O)OCCOc1ccc(C(C)(C)c2ccc(OCCOC(=O)CCNCCC[Si](OCC)(OCC)OCC)cc2)cc1)(OCC)OCC. The van der Waals surface area contributed by atoms with Crippen LogP contribution in [-0.2, 0) is 51.0 Å². The number of carbonyl (C=O) groups excluding carboxylic acids is 2. The number of carbonyl (C=O) groups is 2. The van der Waals surface area contributed by atoms with Crippen molar-refractivity contribution in [1.29, 1.82) is 0 Å². The molecule has 0 fully saturated rings. The van der Waals surface area contributed by atoms with E-state index in [0.29, 0.717) is 64.2 Å². The first-order valence-electron chi connectivity index (χ1n) is 21.6. The maximum Gasteiger partial charge on any atom is 0.500 e. The number of hydrogen-bond acceptors (Lipinski definition) is 14. The van der Waals surface area contributed by atoms with Gasteiger partial charge in [-0.3, -0.25) is 9.59 Å². The molecule has 0 saturated heterocycles. The van der Waals surface area contributed by atoms with Gasteiger partial charge in [-0.15, -0.1) is 0 Å². The molecule has 0 aromatic heterocycles. The first-order chi connectivity index (χ1) is 28.5. The highest BCUT2D eigenvalue weighted by atomic mass is 28.4. The summed E-state index contributed by atoms with van der Waals surface area (Å²) in [6.07, 6.45) is 2.22. The first-order valence-corrected chi connectivity index (χ1v) is 25.4. The molecule has 336 valence electrons. The van der Waals surface area contributed by atoms with Gasteiger partial charge in [0.15, 0.2) is 0 Å². The Hall–Kier alpha value is -2.91. The second-order valence-corrected chi connectivity index (χ2v) is 19.4. The summed E-state index contributed by atoms with van der Waals surface area (Å²) in [5, 5.41) is 6.58. The number of nitrogens with one attached hydrogen (secondary N) is 2. The molecule has 0 saturated carbocycles. The third-order valence-electron chi connectivity index (χ3n) is 9.25. The Morgan fingerprint density at radius 2 is 0.814 bits per heavy atom. The lowest BCUT2D eigenvalue weighted by Gasteiger charge is -2.28. The van der Waals surface area contributed by atoms with Crippen molar-refractivity contribution in [2.24, 2.45) is 0 Å². The molecular weight excluding hydrogens is 793 g/mol. The zero-order valence-electron chi connectivity index (χ0n) is 37.2. The van der Waals surface area contributed by atoms with Crippen LogP contribution in [0.15, 0.2) is 48.5 Å². The second kappa shape index (κ2) is 30.2. The molecule has 0 radical (unpaired) electrons. The van der Waals surface area contributed by atoms with Gasteiger partial charge < -0.3 is 56.1 Å². The molecule has 0 heterocycles. The molecule has 14 nitrogen and oxygen atoms in total. The smallest absolute Gasteiger partial charge is 0.490 e. The minimum absolute atomic E-state index is 0.176. The Kier molecular flexibility index (Phi) is 26.7. The normalized spacial score (nSPS) is 12.1. The van der Waals surface area contributed by atoms with Crippen LogP contribution in [0, 0.1) is 0 Å². The minimum Gasteiger partial charge on any atom is -0.490 e. The van der Waals surface area contributed by atoms with E-state index < -0.39 is 17.6 Å². The number of esters is 2. The number of ether oxygens (including phenoxy) is 4. The van der Waals surface area contributed by atoms with Crippen LogP contribution in [0.4, 0.5) is 0 Å². The standard InChI is InChI=1S/C43H74N2O12Si2/c1-9-52-58(53-10-2,54-11-3)35-15-27-44-29-25-41(46)50-33-31-48-39-21-17-37(18-22-39)43(7,8)38-19-23-40(24-20-38)49-32-34-51-42(47)26-30-45-28-16-36-59(55-12-4,56-13-5)57-14-6/h17-24,44-45H,9-16,25-36H2,1-8H3. The van der Waals surface area contributed by atoms with Gasteiger partial charge in [0.1, 0.15) is 37.9 Å². The molecule has 2 rings (SSSR count). The van der Waals surface area contributed by atoms with Crippen LogP contribution in [0.2, 0.25) is 12.1 Å². The van der Waals surface area contributed by atoms with Crippen LogP contribution < -0.4 is 20.1 Å². The highest BCUT2D eigenvalue weighted by molar-refractivity contribution is 6.61. The predicted molar refractivity (Wildman–Crippen MR) is 233 cm³/mol. The quantitative estimate of drug-likeness (QED) is 0.0425. The molecule has 0 bridgehead atoms. The molecular formula is C43H74N2O12Si2. The highest BCUT2D eigenvalue weighted by Crippen LogP contribution is 2.33. The van der Waals surface area contributed by atoms with E-state index in [2.05, 4.69) is 24.5 Å². The Balaban J connectivity index is 1.62. The summed E-state index contributed by atoms with van der Waals surface area (Å²) in [4.78, 5) is 24.4. The van der Waals surface area contributed by atoms with Crippen molar-refractivity contribution in [3.63, 3.8) is 0 Å². The van der Waals surface area contributed by atoms with Crippen LogP contribution in [0.1, 0.15) is 92.2 Å². The lowest BCUT2D eigenvalue weighted by atomic mass is 9.78. The summed E-state index contributed by atoms with van der Waals surface area (Å²) in [5.41, 5.74) is 1.97.